The van der Waals surface area contributed by atoms with Crippen LogP contribution in [0.4, 0.5) is 0 Å². The fourth-order valence-corrected chi connectivity index (χ4v) is 2.83. The molecule has 0 unspecified atom stereocenters. The Morgan fingerprint density at radius 1 is 1.29 bits per heavy atom. The Bertz CT molecular complexity index is 243. The zero-order chi connectivity index (χ0) is 12.1. The lowest BCUT2D eigenvalue weighted by molar-refractivity contribution is -0.137. The van der Waals surface area contributed by atoms with E-state index < -0.39 is 0 Å². The number of rotatable bonds is 3. The summed E-state index contributed by atoms with van der Waals surface area (Å²) >= 11 is 0. The van der Waals surface area contributed by atoms with Crippen molar-refractivity contribution in [1.29, 1.82) is 0 Å². The van der Waals surface area contributed by atoms with Crippen molar-refractivity contribution in [3.05, 3.63) is 0 Å². The number of piperidine rings is 1. The van der Waals surface area contributed by atoms with Crippen molar-refractivity contribution < 1.29 is 4.79 Å². The maximum Gasteiger partial charge on any atom is 0.227 e. The first-order chi connectivity index (χ1) is 8.31. The van der Waals surface area contributed by atoms with Gasteiger partial charge in [0.15, 0.2) is 0 Å². The zero-order valence-electron chi connectivity index (χ0n) is 11.0. The zero-order valence-corrected chi connectivity index (χ0v) is 11.0. The van der Waals surface area contributed by atoms with Crippen LogP contribution in [0.5, 0.6) is 0 Å². The molecule has 0 aromatic carbocycles. The van der Waals surface area contributed by atoms with Crippen molar-refractivity contribution in [3.63, 3.8) is 0 Å². The molecule has 1 atom stereocenters. The predicted octanol–water partition coefficient (Wildman–Crippen LogP) is 0.540. The smallest absolute Gasteiger partial charge is 0.227 e. The third-order valence-corrected chi connectivity index (χ3v) is 3.87. The minimum absolute atomic E-state index is 0.237. The third-order valence-electron chi connectivity index (χ3n) is 3.87. The van der Waals surface area contributed by atoms with Gasteiger partial charge in [-0.2, -0.15) is 0 Å². The second-order valence-corrected chi connectivity index (χ2v) is 5.21. The van der Waals surface area contributed by atoms with E-state index in [4.69, 9.17) is 0 Å². The van der Waals surface area contributed by atoms with E-state index in [0.29, 0.717) is 5.91 Å². The molecule has 2 saturated heterocycles. The van der Waals surface area contributed by atoms with Crippen molar-refractivity contribution in [2.24, 2.45) is 5.92 Å². The molecule has 0 aromatic heterocycles. The quantitative estimate of drug-likeness (QED) is 0.781. The molecule has 1 amide bonds. The summed E-state index contributed by atoms with van der Waals surface area (Å²) in [5, 5.41) is 3.33. The molecule has 2 rings (SSSR count). The van der Waals surface area contributed by atoms with Crippen LogP contribution in [0, 0.1) is 5.92 Å². The minimum atomic E-state index is 0.237. The molecule has 0 bridgehead atoms. The maximum absolute atomic E-state index is 12.3. The van der Waals surface area contributed by atoms with Gasteiger partial charge in [0.2, 0.25) is 5.91 Å². The summed E-state index contributed by atoms with van der Waals surface area (Å²) in [6.07, 6.45) is 3.42. The summed E-state index contributed by atoms with van der Waals surface area (Å²) in [6.45, 7) is 9.31. The Kier molecular flexibility index (Phi) is 4.80. The fraction of sp³-hybridized carbons (Fsp3) is 0.923. The molecular formula is C13H25N3O. The van der Waals surface area contributed by atoms with Gasteiger partial charge in [-0.05, 0) is 32.4 Å². The molecule has 0 aromatic rings. The summed E-state index contributed by atoms with van der Waals surface area (Å²) in [4.78, 5) is 16.8. The Morgan fingerprint density at radius 2 is 2.06 bits per heavy atom. The highest BCUT2D eigenvalue weighted by atomic mass is 16.2. The van der Waals surface area contributed by atoms with E-state index in [0.717, 1.165) is 52.1 Å². The van der Waals surface area contributed by atoms with Gasteiger partial charge in [-0.3, -0.25) is 9.69 Å². The van der Waals surface area contributed by atoms with Crippen LogP contribution in [0.25, 0.3) is 0 Å². The van der Waals surface area contributed by atoms with Crippen LogP contribution in [0.3, 0.4) is 0 Å². The van der Waals surface area contributed by atoms with Crippen molar-refractivity contribution in [2.75, 3.05) is 45.8 Å². The van der Waals surface area contributed by atoms with Crippen molar-refractivity contribution in [2.45, 2.75) is 26.2 Å². The van der Waals surface area contributed by atoms with E-state index in [-0.39, 0.29) is 5.92 Å². The van der Waals surface area contributed by atoms with Crippen LogP contribution in [0.2, 0.25) is 0 Å². The average molecular weight is 239 g/mol. The van der Waals surface area contributed by atoms with E-state index in [1.54, 1.807) is 0 Å². The number of nitrogens with one attached hydrogen (secondary N) is 1. The normalized spacial score (nSPS) is 27.1. The molecule has 2 heterocycles. The Labute approximate surface area is 104 Å². The van der Waals surface area contributed by atoms with E-state index in [9.17, 15) is 4.79 Å². The van der Waals surface area contributed by atoms with Crippen molar-refractivity contribution in [3.8, 4) is 0 Å². The Balaban J connectivity index is 1.77. The van der Waals surface area contributed by atoms with Crippen LogP contribution in [0.1, 0.15) is 26.2 Å². The van der Waals surface area contributed by atoms with E-state index >= 15 is 0 Å². The largest absolute Gasteiger partial charge is 0.340 e. The number of amides is 1. The van der Waals surface area contributed by atoms with Gasteiger partial charge in [0.05, 0.1) is 5.92 Å². The summed E-state index contributed by atoms with van der Waals surface area (Å²) in [5.74, 6) is 0.620. The van der Waals surface area contributed by atoms with Crippen LogP contribution in [-0.4, -0.2) is 61.5 Å². The summed E-state index contributed by atoms with van der Waals surface area (Å²) in [5.41, 5.74) is 0. The SMILES string of the molecule is CCCN1CCN(C(=O)[C@@H]2CCCNC2)CC1. The number of hydrogen-bond donors (Lipinski definition) is 1. The molecular weight excluding hydrogens is 214 g/mol. The van der Waals surface area contributed by atoms with E-state index in [1.807, 2.05) is 0 Å². The van der Waals surface area contributed by atoms with Gasteiger partial charge in [-0.1, -0.05) is 6.92 Å². The van der Waals surface area contributed by atoms with Gasteiger partial charge in [-0.25, -0.2) is 0 Å². The molecule has 0 spiro atoms. The molecule has 0 saturated carbocycles. The first-order valence-corrected chi connectivity index (χ1v) is 7.03. The van der Waals surface area contributed by atoms with Crippen LogP contribution in [0.15, 0.2) is 0 Å². The maximum atomic E-state index is 12.3. The average Bonchev–Trinajstić information content (AvgIpc) is 2.40. The number of hydrogen-bond acceptors (Lipinski definition) is 3. The first kappa shape index (κ1) is 12.8. The Morgan fingerprint density at radius 3 is 2.65 bits per heavy atom. The molecule has 2 aliphatic heterocycles. The monoisotopic (exact) mass is 239 g/mol. The number of carbonyl (C=O) groups is 1. The van der Waals surface area contributed by atoms with Crippen molar-refractivity contribution in [1.82, 2.24) is 15.1 Å². The molecule has 4 heteroatoms. The molecule has 98 valence electrons. The summed E-state index contributed by atoms with van der Waals surface area (Å²) in [7, 11) is 0. The second kappa shape index (κ2) is 6.36. The first-order valence-electron chi connectivity index (χ1n) is 7.03. The number of piperazine rings is 1. The number of carbonyl (C=O) groups excluding carboxylic acids is 1. The summed E-state index contributed by atoms with van der Waals surface area (Å²) < 4.78 is 0. The van der Waals surface area contributed by atoms with Gasteiger partial charge >= 0.3 is 0 Å². The van der Waals surface area contributed by atoms with Crippen LogP contribution in [-0.2, 0) is 4.79 Å². The summed E-state index contributed by atoms with van der Waals surface area (Å²) in [6, 6.07) is 0. The minimum Gasteiger partial charge on any atom is -0.340 e. The van der Waals surface area contributed by atoms with Gasteiger partial charge in [-0.15, -0.1) is 0 Å². The van der Waals surface area contributed by atoms with Crippen LogP contribution < -0.4 is 5.32 Å². The molecule has 2 aliphatic rings. The fourth-order valence-electron chi connectivity index (χ4n) is 2.83. The van der Waals surface area contributed by atoms with E-state index in [1.165, 1.54) is 13.0 Å². The van der Waals surface area contributed by atoms with E-state index in [2.05, 4.69) is 22.0 Å². The molecule has 0 aliphatic carbocycles. The lowest BCUT2D eigenvalue weighted by Gasteiger charge is -2.37. The van der Waals surface area contributed by atoms with Crippen LogP contribution >= 0.6 is 0 Å². The van der Waals surface area contributed by atoms with Gasteiger partial charge in [0, 0.05) is 32.7 Å². The molecule has 17 heavy (non-hydrogen) atoms. The number of nitrogens with zero attached hydrogens (tertiary/aromatic N) is 2. The topological polar surface area (TPSA) is 35.6 Å². The predicted molar refractivity (Wildman–Crippen MR) is 68.9 cm³/mol. The standard InChI is InChI=1S/C13H25N3O/c1-2-6-15-7-9-16(10-8-15)13(17)12-4-3-5-14-11-12/h12,14H,2-11H2,1H3/t12-/m1/s1. The molecule has 0 radical (unpaired) electrons. The highest BCUT2D eigenvalue weighted by Gasteiger charge is 2.27. The van der Waals surface area contributed by atoms with Gasteiger partial charge < -0.3 is 10.2 Å². The third kappa shape index (κ3) is 3.42. The molecule has 4 nitrogen and oxygen atoms in total. The lowest BCUT2D eigenvalue weighted by Crippen LogP contribution is -2.52. The molecule has 1 N–H and O–H groups in total. The second-order valence-electron chi connectivity index (χ2n) is 5.21. The lowest BCUT2D eigenvalue weighted by atomic mass is 9.98. The van der Waals surface area contributed by atoms with Gasteiger partial charge in [0.1, 0.15) is 0 Å². The van der Waals surface area contributed by atoms with Crippen molar-refractivity contribution >= 4 is 5.91 Å². The van der Waals surface area contributed by atoms with Gasteiger partial charge in [0.25, 0.3) is 0 Å². The Hall–Kier alpha value is -0.610. The highest BCUT2D eigenvalue weighted by Crippen LogP contribution is 2.15. The highest BCUT2D eigenvalue weighted by molar-refractivity contribution is 5.79. The molecule has 2 fully saturated rings.